The number of hydrogen-bond donors (Lipinski definition) is 2. The van der Waals surface area contributed by atoms with E-state index in [4.69, 9.17) is 4.99 Å². The number of imidazole rings is 1. The fourth-order valence-corrected chi connectivity index (χ4v) is 3.86. The van der Waals surface area contributed by atoms with Gasteiger partial charge < -0.3 is 20.1 Å². The lowest BCUT2D eigenvalue weighted by molar-refractivity contribution is -0.117. The largest absolute Gasteiger partial charge is 0.357 e. The van der Waals surface area contributed by atoms with E-state index in [1.54, 1.807) is 0 Å². The third-order valence-electron chi connectivity index (χ3n) is 5.48. The van der Waals surface area contributed by atoms with Crippen molar-refractivity contribution in [3.05, 3.63) is 60.4 Å². The van der Waals surface area contributed by atoms with Crippen molar-refractivity contribution < 1.29 is 4.79 Å². The lowest BCUT2D eigenvalue weighted by atomic mass is 10.2. The molecule has 0 saturated carbocycles. The Bertz CT molecular complexity index is 1050. The topological polar surface area (TPSA) is 74.6 Å². The molecule has 1 fully saturated rings. The van der Waals surface area contributed by atoms with Gasteiger partial charge in [-0.05, 0) is 49.6 Å². The number of carbonyl (C=O) groups excluding carboxylic acids is 1. The van der Waals surface area contributed by atoms with E-state index >= 15 is 0 Å². The molecule has 2 heterocycles. The Hall–Kier alpha value is -2.62. The Balaban J connectivity index is 0.00000289. The van der Waals surface area contributed by atoms with Gasteiger partial charge in [0.25, 0.3) is 0 Å². The molecule has 1 saturated heterocycles. The summed E-state index contributed by atoms with van der Waals surface area (Å²) in [5.74, 6) is 1.03. The molecular weight excluding hydrogens is 515 g/mol. The smallest absolute Gasteiger partial charge is 0.227 e. The van der Waals surface area contributed by atoms with Crippen LogP contribution in [0.2, 0.25) is 0 Å². The van der Waals surface area contributed by atoms with Crippen molar-refractivity contribution in [2.45, 2.75) is 39.3 Å². The number of aliphatic imine (C=N–C) groups is 1. The van der Waals surface area contributed by atoms with E-state index in [1.165, 1.54) is 5.52 Å². The van der Waals surface area contributed by atoms with Gasteiger partial charge in [-0.25, -0.2) is 9.98 Å². The van der Waals surface area contributed by atoms with Crippen molar-refractivity contribution in [2.24, 2.45) is 4.99 Å². The summed E-state index contributed by atoms with van der Waals surface area (Å²) in [5.41, 5.74) is 4.30. The summed E-state index contributed by atoms with van der Waals surface area (Å²) < 4.78 is 2.19. The van der Waals surface area contributed by atoms with E-state index in [0.29, 0.717) is 13.0 Å². The second kappa shape index (κ2) is 11.8. The van der Waals surface area contributed by atoms with Crippen LogP contribution in [0.25, 0.3) is 11.0 Å². The molecule has 32 heavy (non-hydrogen) atoms. The normalized spacial score (nSPS) is 14.0. The molecule has 8 heteroatoms. The first-order chi connectivity index (χ1) is 15.2. The molecule has 1 aromatic heterocycles. The zero-order valence-electron chi connectivity index (χ0n) is 18.5. The molecule has 170 valence electrons. The Labute approximate surface area is 206 Å². The van der Waals surface area contributed by atoms with Gasteiger partial charge >= 0.3 is 0 Å². The van der Waals surface area contributed by atoms with Gasteiger partial charge in [0, 0.05) is 38.3 Å². The van der Waals surface area contributed by atoms with Gasteiger partial charge in [0.15, 0.2) is 5.96 Å². The first-order valence-electron chi connectivity index (χ1n) is 11.1. The average molecular weight is 546 g/mol. The van der Waals surface area contributed by atoms with Crippen molar-refractivity contribution in [3.8, 4) is 0 Å². The van der Waals surface area contributed by atoms with Crippen LogP contribution >= 0.6 is 24.0 Å². The number of benzene rings is 2. The zero-order chi connectivity index (χ0) is 21.5. The fraction of sp³-hybridized carbons (Fsp3) is 0.375. The molecular formula is C24H31IN6O. The van der Waals surface area contributed by atoms with Crippen LogP contribution in [0.4, 0.5) is 5.69 Å². The molecule has 0 bridgehead atoms. The van der Waals surface area contributed by atoms with Crippen molar-refractivity contribution in [1.82, 2.24) is 20.2 Å². The number of aryl methyl sites for hydroxylation is 1. The minimum Gasteiger partial charge on any atom is -0.357 e. The lowest BCUT2D eigenvalue weighted by Gasteiger charge is -2.16. The molecule has 2 N–H and O–H groups in total. The maximum absolute atomic E-state index is 11.9. The quantitative estimate of drug-likeness (QED) is 0.195. The van der Waals surface area contributed by atoms with Crippen LogP contribution in [0.5, 0.6) is 0 Å². The van der Waals surface area contributed by atoms with E-state index in [-0.39, 0.29) is 29.9 Å². The highest BCUT2D eigenvalue weighted by molar-refractivity contribution is 14.0. The van der Waals surface area contributed by atoms with E-state index in [2.05, 4.69) is 45.3 Å². The molecule has 0 atom stereocenters. The molecule has 1 amide bonds. The van der Waals surface area contributed by atoms with Crippen LogP contribution in [0, 0.1) is 0 Å². The molecule has 2 aromatic carbocycles. The average Bonchev–Trinajstić information content (AvgIpc) is 3.41. The minimum absolute atomic E-state index is 0. The monoisotopic (exact) mass is 546 g/mol. The number of nitrogens with one attached hydrogen (secondary N) is 2. The van der Waals surface area contributed by atoms with Crippen LogP contribution in [0.3, 0.4) is 0 Å². The van der Waals surface area contributed by atoms with Crippen molar-refractivity contribution in [3.63, 3.8) is 0 Å². The van der Waals surface area contributed by atoms with E-state index < -0.39 is 0 Å². The standard InChI is InChI=1S/C24H30N6O.HI/c1-2-25-24(26-14-6-15-29-18-28-21-7-3-4-8-22(21)29)27-17-19-10-12-20(13-11-19)30-16-5-9-23(30)31;/h3-4,7-8,10-13,18H,2,5-6,9,14-17H2,1H3,(H2,25,26,27);1H. The highest BCUT2D eigenvalue weighted by Crippen LogP contribution is 2.21. The molecule has 1 aliphatic rings. The fourth-order valence-electron chi connectivity index (χ4n) is 3.86. The van der Waals surface area contributed by atoms with Crippen LogP contribution in [-0.2, 0) is 17.9 Å². The van der Waals surface area contributed by atoms with Crippen molar-refractivity contribution >= 4 is 52.6 Å². The summed E-state index contributed by atoms with van der Waals surface area (Å²) in [7, 11) is 0. The van der Waals surface area contributed by atoms with Gasteiger partial charge in [-0.3, -0.25) is 4.79 Å². The summed E-state index contributed by atoms with van der Waals surface area (Å²) in [5, 5.41) is 6.72. The highest BCUT2D eigenvalue weighted by Gasteiger charge is 2.21. The van der Waals surface area contributed by atoms with E-state index in [1.807, 2.05) is 41.6 Å². The number of nitrogens with zero attached hydrogens (tertiary/aromatic N) is 4. The Morgan fingerprint density at radius 2 is 1.94 bits per heavy atom. The van der Waals surface area contributed by atoms with E-state index in [9.17, 15) is 4.79 Å². The molecule has 0 aliphatic carbocycles. The van der Waals surface area contributed by atoms with Crippen molar-refractivity contribution in [1.29, 1.82) is 0 Å². The predicted molar refractivity (Wildman–Crippen MR) is 141 cm³/mol. The number of aromatic nitrogens is 2. The summed E-state index contributed by atoms with van der Waals surface area (Å²) in [6.07, 6.45) is 4.48. The Morgan fingerprint density at radius 3 is 2.69 bits per heavy atom. The van der Waals surface area contributed by atoms with Crippen LogP contribution in [0.15, 0.2) is 59.9 Å². The first kappa shape index (κ1) is 24.0. The van der Waals surface area contributed by atoms with Crippen LogP contribution < -0.4 is 15.5 Å². The third kappa shape index (κ3) is 5.99. The number of rotatable bonds is 8. The summed E-state index contributed by atoms with van der Waals surface area (Å²) in [6.45, 7) is 6.03. The second-order valence-electron chi connectivity index (χ2n) is 7.72. The third-order valence-corrected chi connectivity index (χ3v) is 5.48. The lowest BCUT2D eigenvalue weighted by Crippen LogP contribution is -2.38. The maximum Gasteiger partial charge on any atom is 0.227 e. The number of anilines is 1. The number of amides is 1. The summed E-state index contributed by atoms with van der Waals surface area (Å²) in [6, 6.07) is 16.3. The molecule has 1 aliphatic heterocycles. The predicted octanol–water partition coefficient (Wildman–Crippen LogP) is 3.93. The van der Waals surface area contributed by atoms with Gasteiger partial charge in [0.05, 0.1) is 23.9 Å². The molecule has 0 spiro atoms. The maximum atomic E-state index is 11.9. The first-order valence-corrected chi connectivity index (χ1v) is 11.1. The van der Waals surface area contributed by atoms with Gasteiger partial charge in [0.2, 0.25) is 5.91 Å². The number of para-hydroxylation sites is 2. The number of hydrogen-bond acceptors (Lipinski definition) is 3. The SMILES string of the molecule is CCNC(=NCc1ccc(N2CCCC2=O)cc1)NCCCn1cnc2ccccc21.I. The van der Waals surface area contributed by atoms with Crippen LogP contribution in [0.1, 0.15) is 31.7 Å². The number of halogens is 1. The number of guanidine groups is 1. The minimum atomic E-state index is 0. The number of carbonyl (C=O) groups is 1. The zero-order valence-corrected chi connectivity index (χ0v) is 20.8. The molecule has 7 nitrogen and oxygen atoms in total. The molecule has 3 aromatic rings. The summed E-state index contributed by atoms with van der Waals surface area (Å²) in [4.78, 5) is 22.9. The van der Waals surface area contributed by atoms with Gasteiger partial charge in [-0.1, -0.05) is 24.3 Å². The molecule has 4 rings (SSSR count). The highest BCUT2D eigenvalue weighted by atomic mass is 127. The van der Waals surface area contributed by atoms with Gasteiger partial charge in [-0.2, -0.15) is 0 Å². The van der Waals surface area contributed by atoms with Crippen molar-refractivity contribution in [2.75, 3.05) is 24.5 Å². The second-order valence-corrected chi connectivity index (χ2v) is 7.72. The van der Waals surface area contributed by atoms with Gasteiger partial charge in [-0.15, -0.1) is 24.0 Å². The van der Waals surface area contributed by atoms with Gasteiger partial charge in [0.1, 0.15) is 0 Å². The Morgan fingerprint density at radius 1 is 1.12 bits per heavy atom. The Kier molecular flexibility index (Phi) is 8.90. The summed E-state index contributed by atoms with van der Waals surface area (Å²) >= 11 is 0. The molecule has 0 unspecified atom stereocenters. The van der Waals surface area contributed by atoms with Crippen LogP contribution in [-0.4, -0.2) is 41.1 Å². The number of fused-ring (bicyclic) bond motifs is 1. The molecule has 0 radical (unpaired) electrons. The van der Waals surface area contributed by atoms with E-state index in [0.717, 1.165) is 61.7 Å².